The average Bonchev–Trinajstić information content (AvgIpc) is 3.18. The molecular formula is C17H18N2O2S. The van der Waals surface area contributed by atoms with Crippen LogP contribution in [-0.4, -0.2) is 24.9 Å². The van der Waals surface area contributed by atoms with Gasteiger partial charge in [0.15, 0.2) is 0 Å². The van der Waals surface area contributed by atoms with Crippen molar-refractivity contribution in [2.75, 3.05) is 18.0 Å². The van der Waals surface area contributed by atoms with Crippen LogP contribution in [0, 0.1) is 5.92 Å². The predicted octanol–water partition coefficient (Wildman–Crippen LogP) is 2.46. The molecule has 0 radical (unpaired) electrons. The molecule has 5 heteroatoms. The first kappa shape index (κ1) is 14.8. The maximum atomic E-state index is 12.4. The van der Waals surface area contributed by atoms with Crippen LogP contribution in [0.2, 0.25) is 0 Å². The summed E-state index contributed by atoms with van der Waals surface area (Å²) < 4.78 is 0. The largest absolute Gasteiger partial charge is 0.355 e. The van der Waals surface area contributed by atoms with Gasteiger partial charge in [-0.3, -0.25) is 9.59 Å². The van der Waals surface area contributed by atoms with Crippen molar-refractivity contribution >= 4 is 28.8 Å². The van der Waals surface area contributed by atoms with Gasteiger partial charge in [0.25, 0.3) is 0 Å². The lowest BCUT2D eigenvalue weighted by Crippen LogP contribution is -2.37. The number of amides is 2. The van der Waals surface area contributed by atoms with Crippen LogP contribution in [0.3, 0.4) is 0 Å². The minimum atomic E-state index is -0.552. The van der Waals surface area contributed by atoms with Crippen molar-refractivity contribution in [3.8, 4) is 0 Å². The molecule has 0 aliphatic carbocycles. The Morgan fingerprint density at radius 1 is 1.23 bits per heavy atom. The quantitative estimate of drug-likeness (QED) is 0.862. The van der Waals surface area contributed by atoms with Crippen LogP contribution in [0.4, 0.5) is 5.69 Å². The van der Waals surface area contributed by atoms with Gasteiger partial charge < -0.3 is 10.2 Å². The van der Waals surface area contributed by atoms with Crippen molar-refractivity contribution in [2.24, 2.45) is 5.92 Å². The first-order valence-electron chi connectivity index (χ1n) is 7.42. The first-order valence-corrected chi connectivity index (χ1v) is 8.30. The SMILES string of the molecule is O=C(NCCc1cccs1)[C@H]1CCN(c2ccccc2)C1=O. The molecule has 4 nitrogen and oxygen atoms in total. The highest BCUT2D eigenvalue weighted by molar-refractivity contribution is 7.09. The standard InChI is InChI=1S/C17H18N2O2S/c20-16(18-10-8-14-7-4-12-22-14)15-9-11-19(17(15)21)13-5-2-1-3-6-13/h1-7,12,15H,8-11H2,(H,18,20)/t15-/m1/s1. The van der Waals surface area contributed by atoms with Crippen molar-refractivity contribution in [2.45, 2.75) is 12.8 Å². The van der Waals surface area contributed by atoms with E-state index in [2.05, 4.69) is 11.4 Å². The number of thiophene rings is 1. The zero-order valence-electron chi connectivity index (χ0n) is 12.2. The highest BCUT2D eigenvalue weighted by Gasteiger charge is 2.37. The van der Waals surface area contributed by atoms with Gasteiger partial charge in [0.05, 0.1) is 0 Å². The third kappa shape index (κ3) is 3.20. The van der Waals surface area contributed by atoms with E-state index in [4.69, 9.17) is 0 Å². The minimum absolute atomic E-state index is 0.0974. The second-order valence-corrected chi connectivity index (χ2v) is 6.32. The molecule has 3 rings (SSSR count). The summed E-state index contributed by atoms with van der Waals surface area (Å²) in [5.41, 5.74) is 0.862. The Balaban J connectivity index is 1.54. The number of carbonyl (C=O) groups excluding carboxylic acids is 2. The van der Waals surface area contributed by atoms with Crippen molar-refractivity contribution < 1.29 is 9.59 Å². The highest BCUT2D eigenvalue weighted by Crippen LogP contribution is 2.25. The summed E-state index contributed by atoms with van der Waals surface area (Å²) >= 11 is 1.68. The van der Waals surface area contributed by atoms with Gasteiger partial charge in [-0.2, -0.15) is 0 Å². The van der Waals surface area contributed by atoms with E-state index >= 15 is 0 Å². The molecule has 1 aliphatic heterocycles. The van der Waals surface area contributed by atoms with Gasteiger partial charge in [0, 0.05) is 23.7 Å². The van der Waals surface area contributed by atoms with Gasteiger partial charge in [-0.1, -0.05) is 24.3 Å². The van der Waals surface area contributed by atoms with Gasteiger partial charge in [-0.05, 0) is 36.4 Å². The van der Waals surface area contributed by atoms with Crippen molar-refractivity contribution in [1.29, 1.82) is 0 Å². The van der Waals surface area contributed by atoms with E-state index in [-0.39, 0.29) is 11.8 Å². The Bertz CT molecular complexity index is 640. The minimum Gasteiger partial charge on any atom is -0.355 e. The summed E-state index contributed by atoms with van der Waals surface area (Å²) in [6.07, 6.45) is 1.39. The molecule has 1 saturated heterocycles. The Morgan fingerprint density at radius 3 is 2.77 bits per heavy atom. The molecule has 114 valence electrons. The maximum Gasteiger partial charge on any atom is 0.239 e. The number of para-hydroxylation sites is 1. The highest BCUT2D eigenvalue weighted by atomic mass is 32.1. The van der Waals surface area contributed by atoms with E-state index in [1.54, 1.807) is 16.2 Å². The second kappa shape index (κ2) is 6.75. The van der Waals surface area contributed by atoms with Crippen LogP contribution in [-0.2, 0) is 16.0 Å². The number of rotatable bonds is 5. The van der Waals surface area contributed by atoms with Crippen molar-refractivity contribution in [1.82, 2.24) is 5.32 Å². The molecule has 1 atom stereocenters. The lowest BCUT2D eigenvalue weighted by molar-refractivity contribution is -0.132. The fraction of sp³-hybridized carbons (Fsp3) is 0.294. The molecule has 2 heterocycles. The number of benzene rings is 1. The Kier molecular flexibility index (Phi) is 4.53. The monoisotopic (exact) mass is 314 g/mol. The molecule has 0 bridgehead atoms. The summed E-state index contributed by atoms with van der Waals surface area (Å²) in [5, 5.41) is 4.91. The zero-order chi connectivity index (χ0) is 15.4. The Labute approximate surface area is 133 Å². The summed E-state index contributed by atoms with van der Waals surface area (Å²) in [6, 6.07) is 13.6. The molecule has 0 saturated carbocycles. The molecule has 1 aromatic carbocycles. The van der Waals surface area contributed by atoms with Crippen LogP contribution >= 0.6 is 11.3 Å². The van der Waals surface area contributed by atoms with Crippen LogP contribution in [0.1, 0.15) is 11.3 Å². The summed E-state index contributed by atoms with van der Waals surface area (Å²) in [7, 11) is 0. The van der Waals surface area contributed by atoms with E-state index in [9.17, 15) is 9.59 Å². The van der Waals surface area contributed by atoms with E-state index in [0.29, 0.717) is 19.5 Å². The molecule has 0 unspecified atom stereocenters. The molecule has 1 fully saturated rings. The first-order chi connectivity index (χ1) is 10.8. The Hall–Kier alpha value is -2.14. The molecule has 1 N–H and O–H groups in total. The fourth-order valence-electron chi connectivity index (χ4n) is 2.67. The van der Waals surface area contributed by atoms with E-state index in [0.717, 1.165) is 12.1 Å². The number of carbonyl (C=O) groups is 2. The topological polar surface area (TPSA) is 49.4 Å². The molecule has 0 spiro atoms. The van der Waals surface area contributed by atoms with Gasteiger partial charge in [-0.25, -0.2) is 0 Å². The molecule has 2 amide bonds. The Morgan fingerprint density at radius 2 is 2.05 bits per heavy atom. The van der Waals surface area contributed by atoms with Gasteiger partial charge >= 0.3 is 0 Å². The van der Waals surface area contributed by atoms with Crippen molar-refractivity contribution in [3.05, 3.63) is 52.7 Å². The number of hydrogen-bond acceptors (Lipinski definition) is 3. The molecule has 1 aromatic heterocycles. The normalized spacial score (nSPS) is 17.7. The van der Waals surface area contributed by atoms with E-state index < -0.39 is 5.92 Å². The lowest BCUT2D eigenvalue weighted by atomic mass is 10.1. The zero-order valence-corrected chi connectivity index (χ0v) is 13.0. The smallest absolute Gasteiger partial charge is 0.239 e. The third-order valence-electron chi connectivity index (χ3n) is 3.84. The van der Waals surface area contributed by atoms with Crippen LogP contribution in [0.25, 0.3) is 0 Å². The fourth-order valence-corrected chi connectivity index (χ4v) is 3.38. The molecule has 22 heavy (non-hydrogen) atoms. The van der Waals surface area contributed by atoms with E-state index in [1.807, 2.05) is 41.8 Å². The average molecular weight is 314 g/mol. The summed E-state index contributed by atoms with van der Waals surface area (Å²) in [4.78, 5) is 27.5. The number of nitrogens with zero attached hydrogens (tertiary/aromatic N) is 1. The van der Waals surface area contributed by atoms with Crippen molar-refractivity contribution in [3.63, 3.8) is 0 Å². The van der Waals surface area contributed by atoms with E-state index in [1.165, 1.54) is 4.88 Å². The number of hydrogen-bond donors (Lipinski definition) is 1. The molecular weight excluding hydrogens is 296 g/mol. The summed E-state index contributed by atoms with van der Waals surface area (Å²) in [6.45, 7) is 1.18. The molecule has 2 aromatic rings. The van der Waals surface area contributed by atoms with Crippen LogP contribution in [0.5, 0.6) is 0 Å². The maximum absolute atomic E-state index is 12.4. The predicted molar refractivity (Wildman–Crippen MR) is 87.9 cm³/mol. The van der Waals surface area contributed by atoms with Gasteiger partial charge in [0.2, 0.25) is 11.8 Å². The number of nitrogens with one attached hydrogen (secondary N) is 1. The van der Waals surface area contributed by atoms with Gasteiger partial charge in [0.1, 0.15) is 5.92 Å². The number of anilines is 1. The molecule has 1 aliphatic rings. The van der Waals surface area contributed by atoms with Gasteiger partial charge in [-0.15, -0.1) is 11.3 Å². The summed E-state index contributed by atoms with van der Waals surface area (Å²) in [5.74, 6) is -0.802. The van der Waals surface area contributed by atoms with Crippen LogP contribution < -0.4 is 10.2 Å². The van der Waals surface area contributed by atoms with Crippen LogP contribution in [0.15, 0.2) is 47.8 Å². The second-order valence-electron chi connectivity index (χ2n) is 5.29. The third-order valence-corrected chi connectivity index (χ3v) is 4.78. The lowest BCUT2D eigenvalue weighted by Gasteiger charge is -2.16.